The van der Waals surface area contributed by atoms with Gasteiger partial charge in [0.15, 0.2) is 0 Å². The fourth-order valence-electron chi connectivity index (χ4n) is 3.70. The summed E-state index contributed by atoms with van der Waals surface area (Å²) in [4.78, 5) is 32.3. The molecule has 0 saturated carbocycles. The van der Waals surface area contributed by atoms with Crippen LogP contribution in [-0.2, 0) is 13.6 Å². The molecule has 3 aromatic heterocycles. The molecule has 0 fully saturated rings. The number of nitrogens with zero attached hydrogens (tertiary/aromatic N) is 6. The molecular formula is C23H25N7O2. The number of carbonyl (C=O) groups excluding carboxylic acids is 2. The predicted octanol–water partition coefficient (Wildman–Crippen LogP) is 3.11. The fraction of sp³-hybridized carbons (Fsp3) is 0.261. The molecule has 9 heteroatoms. The standard InChI is InChI=1S/C23H25N7O2/c1-6-30-21(23(32)28(3)4)20(12-24-30)26-22(31)16-11-19(17-13-29(5)27-14(17)2)25-18-10-8-7-9-15(16)18/h7-13H,6H2,1-5H3,(H,26,31). The topological polar surface area (TPSA) is 97.9 Å². The van der Waals surface area contributed by atoms with Gasteiger partial charge in [0.1, 0.15) is 5.69 Å². The molecule has 0 aliphatic carbocycles. The molecule has 1 N–H and O–H groups in total. The van der Waals surface area contributed by atoms with E-state index in [0.717, 1.165) is 16.6 Å². The Morgan fingerprint density at radius 2 is 1.94 bits per heavy atom. The van der Waals surface area contributed by atoms with Gasteiger partial charge in [-0.1, -0.05) is 18.2 Å². The molecule has 0 bridgehead atoms. The van der Waals surface area contributed by atoms with Gasteiger partial charge in [-0.15, -0.1) is 0 Å². The van der Waals surface area contributed by atoms with Crippen molar-refractivity contribution in [3.63, 3.8) is 0 Å². The maximum absolute atomic E-state index is 13.4. The monoisotopic (exact) mass is 431 g/mol. The van der Waals surface area contributed by atoms with Crippen molar-refractivity contribution in [1.29, 1.82) is 0 Å². The number of nitrogens with one attached hydrogen (secondary N) is 1. The van der Waals surface area contributed by atoms with Gasteiger partial charge in [-0.25, -0.2) is 4.98 Å². The van der Waals surface area contributed by atoms with Gasteiger partial charge in [-0.05, 0) is 26.0 Å². The van der Waals surface area contributed by atoms with Crippen LogP contribution in [0.1, 0.15) is 33.5 Å². The zero-order valence-electron chi connectivity index (χ0n) is 18.7. The van der Waals surface area contributed by atoms with Crippen LogP contribution in [0.5, 0.6) is 0 Å². The SMILES string of the molecule is CCn1ncc(NC(=O)c2cc(-c3cn(C)nc3C)nc3ccccc23)c1C(=O)N(C)C. The van der Waals surface area contributed by atoms with Crippen LogP contribution in [0.3, 0.4) is 0 Å². The maximum atomic E-state index is 13.4. The number of pyridine rings is 1. The van der Waals surface area contributed by atoms with Gasteiger partial charge in [-0.2, -0.15) is 10.2 Å². The van der Waals surface area contributed by atoms with E-state index in [2.05, 4.69) is 15.5 Å². The summed E-state index contributed by atoms with van der Waals surface area (Å²) in [7, 11) is 5.18. The second kappa shape index (κ2) is 8.26. The van der Waals surface area contributed by atoms with E-state index >= 15 is 0 Å². The summed E-state index contributed by atoms with van der Waals surface area (Å²) in [6.45, 7) is 4.31. The minimum absolute atomic E-state index is 0.231. The number of aromatic nitrogens is 5. The van der Waals surface area contributed by atoms with Crippen molar-refractivity contribution in [3.8, 4) is 11.3 Å². The Morgan fingerprint density at radius 3 is 2.59 bits per heavy atom. The first-order valence-corrected chi connectivity index (χ1v) is 10.3. The molecule has 0 atom stereocenters. The van der Waals surface area contributed by atoms with E-state index in [1.807, 2.05) is 51.4 Å². The van der Waals surface area contributed by atoms with Gasteiger partial charge < -0.3 is 10.2 Å². The van der Waals surface area contributed by atoms with E-state index in [-0.39, 0.29) is 11.8 Å². The van der Waals surface area contributed by atoms with Crippen molar-refractivity contribution in [2.24, 2.45) is 7.05 Å². The largest absolute Gasteiger partial charge is 0.343 e. The molecule has 0 saturated heterocycles. The van der Waals surface area contributed by atoms with E-state index < -0.39 is 0 Å². The highest BCUT2D eigenvalue weighted by molar-refractivity contribution is 6.14. The minimum Gasteiger partial charge on any atom is -0.343 e. The van der Waals surface area contributed by atoms with Crippen LogP contribution in [0.15, 0.2) is 42.7 Å². The predicted molar refractivity (Wildman–Crippen MR) is 123 cm³/mol. The van der Waals surface area contributed by atoms with E-state index in [1.165, 1.54) is 11.1 Å². The van der Waals surface area contributed by atoms with Crippen LogP contribution in [0.25, 0.3) is 22.2 Å². The average Bonchev–Trinajstić information content (AvgIpc) is 3.33. The van der Waals surface area contributed by atoms with E-state index in [0.29, 0.717) is 34.7 Å². The van der Waals surface area contributed by atoms with Crippen molar-refractivity contribution in [3.05, 3.63) is 59.7 Å². The third-order valence-corrected chi connectivity index (χ3v) is 5.25. The van der Waals surface area contributed by atoms with Crippen LogP contribution < -0.4 is 5.32 Å². The third kappa shape index (κ3) is 3.73. The van der Waals surface area contributed by atoms with Crippen molar-refractivity contribution in [1.82, 2.24) is 29.4 Å². The zero-order chi connectivity index (χ0) is 23.0. The summed E-state index contributed by atoms with van der Waals surface area (Å²) in [5.74, 6) is -0.569. The summed E-state index contributed by atoms with van der Waals surface area (Å²) in [6, 6.07) is 9.25. The number of fused-ring (bicyclic) bond motifs is 1. The first-order valence-electron chi connectivity index (χ1n) is 10.3. The Kier molecular flexibility index (Phi) is 5.48. The lowest BCUT2D eigenvalue weighted by atomic mass is 10.0. The number of benzene rings is 1. The number of carbonyl (C=O) groups is 2. The Morgan fingerprint density at radius 1 is 1.19 bits per heavy atom. The van der Waals surface area contributed by atoms with E-state index in [4.69, 9.17) is 4.98 Å². The average molecular weight is 432 g/mol. The number of hydrogen-bond acceptors (Lipinski definition) is 5. The van der Waals surface area contributed by atoms with Crippen molar-refractivity contribution in [2.75, 3.05) is 19.4 Å². The normalized spacial score (nSPS) is 11.0. The molecule has 0 unspecified atom stereocenters. The molecule has 0 radical (unpaired) electrons. The molecule has 32 heavy (non-hydrogen) atoms. The number of para-hydroxylation sites is 1. The minimum atomic E-state index is -0.338. The quantitative estimate of drug-likeness (QED) is 0.524. The Labute approximate surface area is 185 Å². The third-order valence-electron chi connectivity index (χ3n) is 5.25. The van der Waals surface area contributed by atoms with E-state index in [9.17, 15) is 9.59 Å². The second-order valence-electron chi connectivity index (χ2n) is 7.75. The van der Waals surface area contributed by atoms with Crippen LogP contribution in [0.4, 0.5) is 5.69 Å². The number of hydrogen-bond donors (Lipinski definition) is 1. The Balaban J connectivity index is 1.81. The number of aryl methyl sites for hydroxylation is 3. The summed E-state index contributed by atoms with van der Waals surface area (Å²) in [6.07, 6.45) is 3.39. The van der Waals surface area contributed by atoms with Crippen molar-refractivity contribution >= 4 is 28.4 Å². The van der Waals surface area contributed by atoms with Gasteiger partial charge in [0, 0.05) is 44.8 Å². The molecule has 3 heterocycles. The summed E-state index contributed by atoms with van der Waals surface area (Å²) < 4.78 is 3.30. The molecule has 9 nitrogen and oxygen atoms in total. The molecule has 1 aromatic carbocycles. The molecule has 4 aromatic rings. The number of anilines is 1. The Hall–Kier alpha value is -4.01. The molecule has 0 aliphatic heterocycles. The second-order valence-corrected chi connectivity index (χ2v) is 7.75. The lowest BCUT2D eigenvalue weighted by molar-refractivity contribution is 0.0816. The number of amides is 2. The van der Waals surface area contributed by atoms with Crippen molar-refractivity contribution in [2.45, 2.75) is 20.4 Å². The van der Waals surface area contributed by atoms with Crippen LogP contribution in [0, 0.1) is 6.92 Å². The fourth-order valence-corrected chi connectivity index (χ4v) is 3.70. The van der Waals surface area contributed by atoms with Gasteiger partial charge in [0.25, 0.3) is 11.8 Å². The van der Waals surface area contributed by atoms with Crippen LogP contribution in [0.2, 0.25) is 0 Å². The summed E-state index contributed by atoms with van der Waals surface area (Å²) >= 11 is 0. The number of rotatable bonds is 5. The lowest BCUT2D eigenvalue weighted by Gasteiger charge is -2.14. The summed E-state index contributed by atoms with van der Waals surface area (Å²) in [5, 5.41) is 12.3. The Bertz CT molecular complexity index is 1330. The van der Waals surface area contributed by atoms with Crippen LogP contribution in [-0.4, -0.2) is 55.4 Å². The van der Waals surface area contributed by atoms with Crippen LogP contribution >= 0.6 is 0 Å². The first-order chi connectivity index (χ1) is 15.3. The van der Waals surface area contributed by atoms with Gasteiger partial charge in [0.05, 0.1) is 34.4 Å². The molecule has 164 valence electrons. The lowest BCUT2D eigenvalue weighted by Crippen LogP contribution is -2.26. The molecule has 2 amide bonds. The van der Waals surface area contributed by atoms with Gasteiger partial charge in [-0.3, -0.25) is 19.0 Å². The molecular weight excluding hydrogens is 406 g/mol. The van der Waals surface area contributed by atoms with Gasteiger partial charge in [0.2, 0.25) is 0 Å². The highest BCUT2D eigenvalue weighted by Gasteiger charge is 2.23. The van der Waals surface area contributed by atoms with E-state index in [1.54, 1.807) is 29.5 Å². The molecule has 0 spiro atoms. The smallest absolute Gasteiger partial charge is 0.273 e. The maximum Gasteiger partial charge on any atom is 0.273 e. The summed E-state index contributed by atoms with van der Waals surface area (Å²) in [5.41, 5.74) is 4.21. The van der Waals surface area contributed by atoms with Gasteiger partial charge >= 0.3 is 0 Å². The highest BCUT2D eigenvalue weighted by Crippen LogP contribution is 2.27. The zero-order valence-corrected chi connectivity index (χ0v) is 18.7. The molecule has 4 rings (SSSR count). The molecule has 0 aliphatic rings. The highest BCUT2D eigenvalue weighted by atomic mass is 16.2. The first kappa shape index (κ1) is 21.2. The van der Waals surface area contributed by atoms with Crippen molar-refractivity contribution < 1.29 is 9.59 Å².